The first kappa shape index (κ1) is 15.9. The number of aromatic amines is 1. The highest BCUT2D eigenvalue weighted by atomic mass is 32.2. The normalized spacial score (nSPS) is 13.7. The molecule has 1 unspecified atom stereocenters. The zero-order chi connectivity index (χ0) is 14.5. The molecule has 0 aliphatic heterocycles. The Morgan fingerprint density at radius 2 is 1.89 bits per heavy atom. The van der Waals surface area contributed by atoms with Gasteiger partial charge >= 0.3 is 0 Å². The number of pyridine rings is 1. The maximum absolute atomic E-state index is 12.0. The van der Waals surface area contributed by atoms with E-state index >= 15 is 0 Å². The molecule has 0 saturated carbocycles. The van der Waals surface area contributed by atoms with Gasteiger partial charge in [0.1, 0.15) is 0 Å². The Balaban J connectivity index is 2.59. The lowest BCUT2D eigenvalue weighted by molar-refractivity contribution is 0.488. The maximum atomic E-state index is 12.0. The van der Waals surface area contributed by atoms with Crippen molar-refractivity contribution < 1.29 is 8.42 Å². The summed E-state index contributed by atoms with van der Waals surface area (Å²) in [6.07, 6.45) is 4.10. The lowest BCUT2D eigenvalue weighted by Crippen LogP contribution is -2.32. The summed E-state index contributed by atoms with van der Waals surface area (Å²) in [5.74, 6) is 0.628. The van der Waals surface area contributed by atoms with Crippen LogP contribution in [0.5, 0.6) is 0 Å². The van der Waals surface area contributed by atoms with Crippen LogP contribution in [0.2, 0.25) is 0 Å². The fourth-order valence-electron chi connectivity index (χ4n) is 1.79. The molecule has 0 spiro atoms. The van der Waals surface area contributed by atoms with Crippen LogP contribution >= 0.6 is 0 Å². The van der Waals surface area contributed by atoms with Gasteiger partial charge in [0.15, 0.2) is 0 Å². The highest BCUT2D eigenvalue weighted by molar-refractivity contribution is 7.89. The van der Waals surface area contributed by atoms with E-state index in [1.165, 1.54) is 18.3 Å². The van der Waals surface area contributed by atoms with Crippen LogP contribution in [0.4, 0.5) is 0 Å². The summed E-state index contributed by atoms with van der Waals surface area (Å²) in [4.78, 5) is 13.4. The van der Waals surface area contributed by atoms with Crippen molar-refractivity contribution in [1.29, 1.82) is 0 Å². The fraction of sp³-hybridized carbons (Fsp3) is 0.615. The SMILES string of the molecule is CC(C)CCCC(C)NS(=O)(=O)c1ccc(=O)[nH]c1. The van der Waals surface area contributed by atoms with Gasteiger partial charge in [-0.2, -0.15) is 0 Å². The zero-order valence-electron chi connectivity index (χ0n) is 11.6. The molecule has 1 heterocycles. The van der Waals surface area contributed by atoms with Crippen LogP contribution in [-0.2, 0) is 10.0 Å². The molecular formula is C13H22N2O3S. The van der Waals surface area contributed by atoms with Crippen molar-refractivity contribution in [2.24, 2.45) is 5.92 Å². The molecule has 19 heavy (non-hydrogen) atoms. The Bertz CT molecular complexity index is 529. The average Bonchev–Trinajstić information content (AvgIpc) is 2.28. The van der Waals surface area contributed by atoms with Crippen LogP contribution in [0.1, 0.15) is 40.0 Å². The largest absolute Gasteiger partial charge is 0.328 e. The van der Waals surface area contributed by atoms with Crippen LogP contribution in [0.25, 0.3) is 0 Å². The molecule has 0 aliphatic rings. The van der Waals surface area contributed by atoms with Crippen molar-refractivity contribution in [3.05, 3.63) is 28.7 Å². The average molecular weight is 286 g/mol. The van der Waals surface area contributed by atoms with Crippen LogP contribution in [0.3, 0.4) is 0 Å². The third-order valence-electron chi connectivity index (χ3n) is 2.84. The number of hydrogen-bond acceptors (Lipinski definition) is 3. The fourth-order valence-corrected chi connectivity index (χ4v) is 3.03. The quantitative estimate of drug-likeness (QED) is 0.803. The summed E-state index contributed by atoms with van der Waals surface area (Å²) in [6.45, 7) is 6.15. The Morgan fingerprint density at radius 3 is 2.42 bits per heavy atom. The molecule has 0 fully saturated rings. The Morgan fingerprint density at radius 1 is 1.21 bits per heavy atom. The van der Waals surface area contributed by atoms with Gasteiger partial charge in [0.2, 0.25) is 15.6 Å². The Kier molecular flexibility index (Phi) is 5.75. The van der Waals surface area contributed by atoms with Gasteiger partial charge in [-0.25, -0.2) is 13.1 Å². The van der Waals surface area contributed by atoms with Gasteiger partial charge in [-0.05, 0) is 25.3 Å². The van der Waals surface area contributed by atoms with E-state index in [0.29, 0.717) is 5.92 Å². The van der Waals surface area contributed by atoms with Gasteiger partial charge in [0.05, 0.1) is 4.90 Å². The first-order valence-corrected chi connectivity index (χ1v) is 8.00. The van der Waals surface area contributed by atoms with Crippen LogP contribution in [0.15, 0.2) is 28.0 Å². The number of rotatable bonds is 7. The van der Waals surface area contributed by atoms with E-state index in [4.69, 9.17) is 0 Å². The first-order chi connectivity index (χ1) is 8.81. The number of nitrogens with one attached hydrogen (secondary N) is 2. The van der Waals surface area contributed by atoms with Crippen LogP contribution in [0, 0.1) is 5.92 Å². The van der Waals surface area contributed by atoms with Crippen molar-refractivity contribution in [3.8, 4) is 0 Å². The molecule has 1 rings (SSSR count). The van der Waals surface area contributed by atoms with Crippen molar-refractivity contribution >= 4 is 10.0 Å². The maximum Gasteiger partial charge on any atom is 0.247 e. The summed E-state index contributed by atoms with van der Waals surface area (Å²) in [6, 6.07) is 2.40. The number of hydrogen-bond donors (Lipinski definition) is 2. The standard InChI is InChI=1S/C13H22N2O3S/c1-10(2)5-4-6-11(3)15-19(17,18)12-7-8-13(16)14-9-12/h7-11,15H,4-6H2,1-3H3,(H,14,16). The third-order valence-corrected chi connectivity index (χ3v) is 4.43. The van der Waals surface area contributed by atoms with E-state index < -0.39 is 10.0 Å². The minimum absolute atomic E-state index is 0.0859. The summed E-state index contributed by atoms with van der Waals surface area (Å²) in [7, 11) is -3.55. The molecule has 0 amide bonds. The second-order valence-electron chi connectivity index (χ2n) is 5.24. The minimum Gasteiger partial charge on any atom is -0.328 e. The van der Waals surface area contributed by atoms with Crippen molar-refractivity contribution in [1.82, 2.24) is 9.71 Å². The monoisotopic (exact) mass is 286 g/mol. The highest BCUT2D eigenvalue weighted by Crippen LogP contribution is 2.11. The van der Waals surface area contributed by atoms with Gasteiger partial charge in [0, 0.05) is 18.3 Å². The molecule has 1 aromatic rings. The lowest BCUT2D eigenvalue weighted by atomic mass is 10.0. The molecule has 1 aromatic heterocycles. The van der Waals surface area contributed by atoms with Gasteiger partial charge in [-0.15, -0.1) is 0 Å². The lowest BCUT2D eigenvalue weighted by Gasteiger charge is -2.14. The van der Waals surface area contributed by atoms with Crippen molar-refractivity contribution in [2.45, 2.75) is 51.0 Å². The minimum atomic E-state index is -3.55. The zero-order valence-corrected chi connectivity index (χ0v) is 12.5. The summed E-state index contributed by atoms with van der Waals surface area (Å²) in [5, 5.41) is 0. The predicted octanol–water partition coefficient (Wildman–Crippen LogP) is 1.87. The summed E-state index contributed by atoms with van der Waals surface area (Å²) in [5.41, 5.74) is -0.316. The van der Waals surface area contributed by atoms with Gasteiger partial charge < -0.3 is 4.98 Å². The van der Waals surface area contributed by atoms with Crippen LogP contribution < -0.4 is 10.3 Å². The van der Waals surface area contributed by atoms with E-state index in [-0.39, 0.29) is 16.5 Å². The molecule has 6 heteroatoms. The molecule has 0 bridgehead atoms. The topological polar surface area (TPSA) is 79.0 Å². The number of H-pyrrole nitrogens is 1. The van der Waals surface area contributed by atoms with E-state index in [9.17, 15) is 13.2 Å². The van der Waals surface area contributed by atoms with Gasteiger partial charge in [0.25, 0.3) is 0 Å². The van der Waals surface area contributed by atoms with Crippen LogP contribution in [-0.4, -0.2) is 19.4 Å². The Hall–Kier alpha value is -1.14. The molecule has 2 N–H and O–H groups in total. The van der Waals surface area contributed by atoms with E-state index in [1.807, 2.05) is 6.92 Å². The van der Waals surface area contributed by atoms with Gasteiger partial charge in [-0.3, -0.25) is 4.79 Å². The highest BCUT2D eigenvalue weighted by Gasteiger charge is 2.17. The number of aromatic nitrogens is 1. The molecule has 0 aliphatic carbocycles. The molecule has 5 nitrogen and oxygen atoms in total. The van der Waals surface area contributed by atoms with E-state index in [1.54, 1.807) is 0 Å². The molecule has 108 valence electrons. The summed E-state index contributed by atoms with van der Waals surface area (Å²) < 4.78 is 26.7. The Labute approximate surface area is 114 Å². The molecule has 0 saturated heterocycles. The molecule has 0 aromatic carbocycles. The molecular weight excluding hydrogens is 264 g/mol. The second kappa shape index (κ2) is 6.86. The van der Waals surface area contributed by atoms with Crippen molar-refractivity contribution in [2.75, 3.05) is 0 Å². The van der Waals surface area contributed by atoms with E-state index in [0.717, 1.165) is 19.3 Å². The van der Waals surface area contributed by atoms with Gasteiger partial charge in [-0.1, -0.05) is 26.7 Å². The van der Waals surface area contributed by atoms with E-state index in [2.05, 4.69) is 23.6 Å². The second-order valence-corrected chi connectivity index (χ2v) is 6.95. The smallest absolute Gasteiger partial charge is 0.247 e. The van der Waals surface area contributed by atoms with Crippen molar-refractivity contribution in [3.63, 3.8) is 0 Å². The third kappa shape index (κ3) is 5.57. The predicted molar refractivity (Wildman–Crippen MR) is 75.5 cm³/mol. The molecule has 1 atom stereocenters. The summed E-state index contributed by atoms with van der Waals surface area (Å²) >= 11 is 0. The molecule has 0 radical (unpaired) electrons. The first-order valence-electron chi connectivity index (χ1n) is 6.52. The number of sulfonamides is 1.